The number of carbonyl (C=O) groups excluding carboxylic acids is 1. The average Bonchev–Trinajstić information content (AvgIpc) is 2.89. The summed E-state index contributed by atoms with van der Waals surface area (Å²) < 4.78 is 1.41. The Morgan fingerprint density at radius 3 is 2.57 bits per heavy atom. The van der Waals surface area contributed by atoms with Gasteiger partial charge in [0.2, 0.25) is 0 Å². The summed E-state index contributed by atoms with van der Waals surface area (Å²) in [5.41, 5.74) is 0.235. The van der Waals surface area contributed by atoms with Crippen LogP contribution in [-0.2, 0) is 6.54 Å². The number of H-pyrrole nitrogens is 1. The number of aryl methyl sites for hydroxylation is 1. The van der Waals surface area contributed by atoms with Gasteiger partial charge in [0.1, 0.15) is 0 Å². The summed E-state index contributed by atoms with van der Waals surface area (Å²) in [5.74, 6) is -0.119. The van der Waals surface area contributed by atoms with Gasteiger partial charge < -0.3 is 10.2 Å². The molecule has 0 spiro atoms. The lowest BCUT2D eigenvalue weighted by Gasteiger charge is -2.21. The van der Waals surface area contributed by atoms with E-state index in [2.05, 4.69) is 15.3 Å². The normalized spacial score (nSPS) is 14.4. The summed E-state index contributed by atoms with van der Waals surface area (Å²) in [4.78, 5) is 46.5. The van der Waals surface area contributed by atoms with Gasteiger partial charge >= 0.3 is 5.69 Å². The third kappa shape index (κ3) is 4.56. The van der Waals surface area contributed by atoms with E-state index in [-0.39, 0.29) is 47.7 Å². The number of amides is 1. The van der Waals surface area contributed by atoms with Crippen molar-refractivity contribution >= 4 is 41.8 Å². The molecule has 8 nitrogen and oxygen atoms in total. The number of hydrogen-bond acceptors (Lipinski definition) is 5. The summed E-state index contributed by atoms with van der Waals surface area (Å²) in [7, 11) is 0. The predicted molar refractivity (Wildman–Crippen MR) is 114 cm³/mol. The molecular formula is C18H27Cl2N5O3. The highest BCUT2D eigenvalue weighted by Gasteiger charge is 2.24. The van der Waals surface area contributed by atoms with Crippen molar-refractivity contribution in [3.63, 3.8) is 0 Å². The number of aromatic amines is 1. The van der Waals surface area contributed by atoms with Gasteiger partial charge in [0, 0.05) is 31.9 Å². The van der Waals surface area contributed by atoms with Crippen molar-refractivity contribution in [1.82, 2.24) is 24.8 Å². The number of pyridine rings is 1. The minimum atomic E-state index is -0.561. The number of nitrogens with zero attached hydrogens (tertiary/aromatic N) is 3. The second-order valence-electron chi connectivity index (χ2n) is 6.85. The van der Waals surface area contributed by atoms with Crippen LogP contribution in [0.5, 0.6) is 0 Å². The van der Waals surface area contributed by atoms with Crippen molar-refractivity contribution in [3.05, 3.63) is 38.2 Å². The van der Waals surface area contributed by atoms with Crippen molar-refractivity contribution in [2.24, 2.45) is 0 Å². The zero-order valence-corrected chi connectivity index (χ0v) is 17.9. The molecule has 1 aliphatic rings. The molecule has 0 aromatic carbocycles. The Bertz CT molecular complexity index is 947. The molecular weight excluding hydrogens is 405 g/mol. The SMILES string of the molecule is CCn1c(=O)[nH]c(=O)c2c(C(=O)N3CCCNCC3)cc(C(C)C)nc21.Cl.Cl. The third-order valence-electron chi connectivity index (χ3n) is 4.73. The first-order valence-corrected chi connectivity index (χ1v) is 9.11. The molecule has 0 bridgehead atoms. The van der Waals surface area contributed by atoms with Crippen molar-refractivity contribution in [2.45, 2.75) is 39.7 Å². The number of halogens is 2. The van der Waals surface area contributed by atoms with Gasteiger partial charge in [-0.1, -0.05) is 13.8 Å². The number of hydrogen-bond donors (Lipinski definition) is 2. The lowest BCUT2D eigenvalue weighted by atomic mass is 10.0. The second kappa shape index (κ2) is 10.0. The van der Waals surface area contributed by atoms with Gasteiger partial charge in [0.15, 0.2) is 5.65 Å². The monoisotopic (exact) mass is 431 g/mol. The minimum absolute atomic E-state index is 0. The summed E-state index contributed by atoms with van der Waals surface area (Å²) in [5, 5.41) is 3.46. The molecule has 1 saturated heterocycles. The number of rotatable bonds is 3. The Labute approximate surface area is 175 Å². The van der Waals surface area contributed by atoms with Gasteiger partial charge in [-0.2, -0.15) is 0 Å². The largest absolute Gasteiger partial charge is 0.337 e. The third-order valence-corrected chi connectivity index (χ3v) is 4.73. The molecule has 3 rings (SSSR count). The molecule has 28 heavy (non-hydrogen) atoms. The van der Waals surface area contributed by atoms with Crippen LogP contribution in [0.4, 0.5) is 0 Å². The van der Waals surface area contributed by atoms with Crippen molar-refractivity contribution < 1.29 is 4.79 Å². The van der Waals surface area contributed by atoms with E-state index in [0.717, 1.165) is 19.5 Å². The fraction of sp³-hybridized carbons (Fsp3) is 0.556. The van der Waals surface area contributed by atoms with Crippen molar-refractivity contribution in [1.29, 1.82) is 0 Å². The van der Waals surface area contributed by atoms with Crippen LogP contribution in [0.1, 0.15) is 49.2 Å². The van der Waals surface area contributed by atoms with Crippen molar-refractivity contribution in [3.8, 4) is 0 Å². The molecule has 1 fully saturated rings. The maximum atomic E-state index is 13.2. The molecule has 156 valence electrons. The van der Waals surface area contributed by atoms with Crippen LogP contribution in [0.15, 0.2) is 15.7 Å². The second-order valence-corrected chi connectivity index (χ2v) is 6.85. The molecule has 0 saturated carbocycles. The minimum Gasteiger partial charge on any atom is -0.337 e. The lowest BCUT2D eigenvalue weighted by molar-refractivity contribution is 0.0768. The molecule has 3 heterocycles. The standard InChI is InChI=1S/C18H25N5O3.2ClH/c1-4-23-15-14(16(24)21-18(23)26)12(10-13(20-15)11(2)3)17(25)22-8-5-6-19-7-9-22;;/h10-11,19H,4-9H2,1-3H3,(H,21,24,26);2*1H. The molecule has 1 aliphatic heterocycles. The predicted octanol–water partition coefficient (Wildman–Crippen LogP) is 1.51. The highest BCUT2D eigenvalue weighted by Crippen LogP contribution is 2.21. The first-order valence-electron chi connectivity index (χ1n) is 9.11. The number of fused-ring (bicyclic) bond motifs is 1. The molecule has 1 amide bonds. The number of carbonyl (C=O) groups is 1. The smallest absolute Gasteiger partial charge is 0.329 e. The molecule has 0 unspecified atom stereocenters. The zero-order valence-electron chi connectivity index (χ0n) is 16.3. The van der Waals surface area contributed by atoms with Gasteiger partial charge in [-0.05, 0) is 31.9 Å². The quantitative estimate of drug-likeness (QED) is 0.766. The zero-order chi connectivity index (χ0) is 18.8. The van der Waals surface area contributed by atoms with E-state index in [4.69, 9.17) is 0 Å². The molecule has 2 aromatic rings. The topological polar surface area (TPSA) is 100 Å². The number of nitrogens with one attached hydrogen (secondary N) is 2. The van der Waals surface area contributed by atoms with Gasteiger partial charge in [0.25, 0.3) is 11.5 Å². The number of aromatic nitrogens is 3. The van der Waals surface area contributed by atoms with Crippen LogP contribution < -0.4 is 16.6 Å². The molecule has 0 atom stereocenters. The van der Waals surface area contributed by atoms with Crippen LogP contribution in [0.2, 0.25) is 0 Å². The maximum Gasteiger partial charge on any atom is 0.329 e. The van der Waals surface area contributed by atoms with Crippen LogP contribution in [0, 0.1) is 0 Å². The van der Waals surface area contributed by atoms with Crippen LogP contribution in [0.3, 0.4) is 0 Å². The van der Waals surface area contributed by atoms with E-state index in [9.17, 15) is 14.4 Å². The first kappa shape index (κ1) is 24.1. The summed E-state index contributed by atoms with van der Waals surface area (Å²) in [6.45, 7) is 8.94. The van der Waals surface area contributed by atoms with E-state index in [0.29, 0.717) is 30.9 Å². The van der Waals surface area contributed by atoms with Crippen molar-refractivity contribution in [2.75, 3.05) is 26.2 Å². The highest BCUT2D eigenvalue weighted by molar-refractivity contribution is 6.05. The van der Waals surface area contributed by atoms with Crippen LogP contribution >= 0.6 is 24.8 Å². The fourth-order valence-corrected chi connectivity index (χ4v) is 3.27. The summed E-state index contributed by atoms with van der Waals surface area (Å²) in [6.07, 6.45) is 0.863. The van der Waals surface area contributed by atoms with E-state index in [1.54, 1.807) is 11.0 Å². The van der Waals surface area contributed by atoms with Gasteiger partial charge in [-0.15, -0.1) is 24.8 Å². The Kier molecular flexibility index (Phi) is 8.66. The molecule has 10 heteroatoms. The first-order chi connectivity index (χ1) is 12.4. The van der Waals surface area contributed by atoms with E-state index in [1.807, 2.05) is 20.8 Å². The van der Waals surface area contributed by atoms with E-state index in [1.165, 1.54) is 4.57 Å². The van der Waals surface area contributed by atoms with E-state index >= 15 is 0 Å². The molecule has 0 aliphatic carbocycles. The lowest BCUT2D eigenvalue weighted by Crippen LogP contribution is -2.36. The molecule has 0 radical (unpaired) electrons. The van der Waals surface area contributed by atoms with Gasteiger partial charge in [0.05, 0.1) is 10.9 Å². The average molecular weight is 432 g/mol. The molecule has 2 aromatic heterocycles. The Hall–Kier alpha value is -1.90. The fourth-order valence-electron chi connectivity index (χ4n) is 3.27. The maximum absolute atomic E-state index is 13.2. The van der Waals surface area contributed by atoms with Crippen LogP contribution in [-0.4, -0.2) is 51.5 Å². The summed E-state index contributed by atoms with van der Waals surface area (Å²) >= 11 is 0. The Balaban J connectivity index is 0.00000196. The van der Waals surface area contributed by atoms with Gasteiger partial charge in [-0.25, -0.2) is 9.78 Å². The molecule has 2 N–H and O–H groups in total. The highest BCUT2D eigenvalue weighted by atomic mass is 35.5. The van der Waals surface area contributed by atoms with Gasteiger partial charge in [-0.3, -0.25) is 19.1 Å². The van der Waals surface area contributed by atoms with E-state index < -0.39 is 11.2 Å². The Morgan fingerprint density at radius 2 is 1.93 bits per heavy atom. The van der Waals surface area contributed by atoms with Crippen LogP contribution in [0.25, 0.3) is 11.0 Å². The Morgan fingerprint density at radius 1 is 1.21 bits per heavy atom. The summed E-state index contributed by atoms with van der Waals surface area (Å²) in [6, 6.07) is 1.70.